The van der Waals surface area contributed by atoms with E-state index in [1.165, 1.54) is 0 Å². The van der Waals surface area contributed by atoms with Crippen molar-refractivity contribution in [1.29, 1.82) is 0 Å². The molecule has 1 heterocycles. The summed E-state index contributed by atoms with van der Waals surface area (Å²) >= 11 is 0. The fourth-order valence-electron chi connectivity index (χ4n) is 1.16. The second kappa shape index (κ2) is 5.60. The number of furan rings is 1. The van der Waals surface area contributed by atoms with E-state index in [1.54, 1.807) is 18.4 Å². The Morgan fingerprint density at radius 2 is 2.38 bits per heavy atom. The van der Waals surface area contributed by atoms with Gasteiger partial charge in [0, 0.05) is 0 Å². The topological polar surface area (TPSA) is 33.4 Å². The molecule has 0 spiro atoms. The quantitative estimate of drug-likeness (QED) is 0.706. The molecule has 2 nitrogen and oxygen atoms in total. The van der Waals surface area contributed by atoms with Gasteiger partial charge in [-0.2, -0.15) is 0 Å². The minimum atomic E-state index is -0.462. The van der Waals surface area contributed by atoms with Crippen molar-refractivity contribution in [3.8, 4) is 0 Å². The molecule has 1 unspecified atom stereocenters. The fraction of sp³-hybridized carbons (Fsp3) is 0.455. The van der Waals surface area contributed by atoms with Crippen LogP contribution < -0.4 is 0 Å². The lowest BCUT2D eigenvalue weighted by Gasteiger charge is -2.04. The zero-order valence-corrected chi connectivity index (χ0v) is 7.94. The van der Waals surface area contributed by atoms with Gasteiger partial charge in [0.15, 0.2) is 0 Å². The smallest absolute Gasteiger partial charge is 0.132 e. The minimum Gasteiger partial charge on any atom is -0.467 e. The highest BCUT2D eigenvalue weighted by atomic mass is 16.4. The molecule has 1 atom stereocenters. The zero-order valence-electron chi connectivity index (χ0n) is 7.94. The van der Waals surface area contributed by atoms with Crippen molar-refractivity contribution in [3.05, 3.63) is 36.3 Å². The van der Waals surface area contributed by atoms with E-state index in [9.17, 15) is 5.11 Å². The molecule has 0 saturated heterocycles. The first-order valence-electron chi connectivity index (χ1n) is 4.71. The number of aliphatic hydroxyl groups is 1. The number of rotatable bonds is 5. The predicted octanol–water partition coefficient (Wildman–Crippen LogP) is 3.06. The Morgan fingerprint density at radius 3 is 3.00 bits per heavy atom. The maximum Gasteiger partial charge on any atom is 0.132 e. The summed E-state index contributed by atoms with van der Waals surface area (Å²) in [4.78, 5) is 0. The van der Waals surface area contributed by atoms with Gasteiger partial charge in [-0.05, 0) is 31.4 Å². The summed E-state index contributed by atoms with van der Waals surface area (Å²) in [6, 6.07) is 3.59. The van der Waals surface area contributed by atoms with Gasteiger partial charge in [0.25, 0.3) is 0 Å². The van der Waals surface area contributed by atoms with Gasteiger partial charge in [0.05, 0.1) is 6.26 Å². The van der Waals surface area contributed by atoms with Crippen LogP contribution in [0, 0.1) is 0 Å². The first-order chi connectivity index (χ1) is 6.34. The molecule has 1 aromatic rings. The molecule has 0 aliphatic rings. The predicted molar refractivity (Wildman–Crippen MR) is 52.3 cm³/mol. The SMILES string of the molecule is CCC=CCCC(O)c1ccco1. The molecule has 2 heteroatoms. The minimum absolute atomic E-state index is 0.462. The summed E-state index contributed by atoms with van der Waals surface area (Å²) in [5, 5.41) is 9.58. The summed E-state index contributed by atoms with van der Waals surface area (Å²) in [5.74, 6) is 0.657. The Kier molecular flexibility index (Phi) is 4.33. The third kappa shape index (κ3) is 3.47. The third-order valence-corrected chi connectivity index (χ3v) is 1.88. The molecule has 0 amide bonds. The molecule has 0 saturated carbocycles. The number of allylic oxidation sites excluding steroid dienone is 2. The number of hydrogen-bond acceptors (Lipinski definition) is 2. The van der Waals surface area contributed by atoms with Gasteiger partial charge in [-0.25, -0.2) is 0 Å². The molecule has 1 aromatic heterocycles. The van der Waals surface area contributed by atoms with Crippen molar-refractivity contribution in [2.45, 2.75) is 32.3 Å². The molecule has 0 aliphatic carbocycles. The first-order valence-corrected chi connectivity index (χ1v) is 4.71. The maximum atomic E-state index is 9.58. The van der Waals surface area contributed by atoms with Crippen molar-refractivity contribution in [2.24, 2.45) is 0 Å². The van der Waals surface area contributed by atoms with E-state index in [4.69, 9.17) is 4.42 Å². The van der Waals surface area contributed by atoms with Crippen molar-refractivity contribution >= 4 is 0 Å². The van der Waals surface area contributed by atoms with Crippen molar-refractivity contribution < 1.29 is 9.52 Å². The van der Waals surface area contributed by atoms with Crippen molar-refractivity contribution in [1.82, 2.24) is 0 Å². The zero-order chi connectivity index (χ0) is 9.52. The lowest BCUT2D eigenvalue weighted by atomic mass is 10.1. The van der Waals surface area contributed by atoms with Gasteiger partial charge >= 0.3 is 0 Å². The largest absolute Gasteiger partial charge is 0.467 e. The van der Waals surface area contributed by atoms with E-state index < -0.39 is 6.10 Å². The summed E-state index contributed by atoms with van der Waals surface area (Å²) < 4.78 is 5.08. The highest BCUT2D eigenvalue weighted by molar-refractivity contribution is 5.01. The standard InChI is InChI=1S/C11H16O2/c1-2-3-4-5-7-10(12)11-8-6-9-13-11/h3-4,6,8-10,12H,2,5,7H2,1H3. The fourth-order valence-corrected chi connectivity index (χ4v) is 1.16. The number of hydrogen-bond donors (Lipinski definition) is 1. The van der Waals surface area contributed by atoms with E-state index in [0.717, 1.165) is 19.3 Å². The van der Waals surface area contributed by atoms with Crippen LogP contribution in [0.4, 0.5) is 0 Å². The lowest BCUT2D eigenvalue weighted by Crippen LogP contribution is -1.93. The average Bonchev–Trinajstić information content (AvgIpc) is 2.65. The normalized spacial score (nSPS) is 13.7. The monoisotopic (exact) mass is 180 g/mol. The molecule has 0 fully saturated rings. The molecule has 0 aliphatic heterocycles. The van der Waals surface area contributed by atoms with Crippen LogP contribution in [0.3, 0.4) is 0 Å². The van der Waals surface area contributed by atoms with Crippen LogP contribution in [0.5, 0.6) is 0 Å². The Bertz CT molecular complexity index is 237. The second-order valence-corrected chi connectivity index (χ2v) is 2.99. The van der Waals surface area contributed by atoms with Crippen LogP contribution in [-0.2, 0) is 0 Å². The van der Waals surface area contributed by atoms with Crippen LogP contribution >= 0.6 is 0 Å². The molecule has 13 heavy (non-hydrogen) atoms. The Morgan fingerprint density at radius 1 is 1.54 bits per heavy atom. The maximum absolute atomic E-state index is 9.58. The Labute approximate surface area is 78.9 Å². The highest BCUT2D eigenvalue weighted by Crippen LogP contribution is 2.18. The Balaban J connectivity index is 2.26. The summed E-state index contributed by atoms with van der Waals surface area (Å²) in [5.41, 5.74) is 0. The van der Waals surface area contributed by atoms with Gasteiger partial charge in [0.2, 0.25) is 0 Å². The van der Waals surface area contributed by atoms with Gasteiger partial charge < -0.3 is 9.52 Å². The number of aliphatic hydroxyl groups excluding tert-OH is 1. The average molecular weight is 180 g/mol. The van der Waals surface area contributed by atoms with Gasteiger partial charge in [0.1, 0.15) is 11.9 Å². The summed E-state index contributed by atoms with van der Waals surface area (Å²) in [7, 11) is 0. The van der Waals surface area contributed by atoms with E-state index in [-0.39, 0.29) is 0 Å². The van der Waals surface area contributed by atoms with Crippen LogP contribution in [0.1, 0.15) is 38.1 Å². The second-order valence-electron chi connectivity index (χ2n) is 2.99. The van der Waals surface area contributed by atoms with Crippen LogP contribution in [0.2, 0.25) is 0 Å². The van der Waals surface area contributed by atoms with Gasteiger partial charge in [-0.1, -0.05) is 19.1 Å². The summed E-state index contributed by atoms with van der Waals surface area (Å²) in [6.07, 6.45) is 7.99. The third-order valence-electron chi connectivity index (χ3n) is 1.88. The molecular weight excluding hydrogens is 164 g/mol. The van der Waals surface area contributed by atoms with Crippen molar-refractivity contribution in [3.63, 3.8) is 0 Å². The van der Waals surface area contributed by atoms with Crippen LogP contribution in [0.15, 0.2) is 35.0 Å². The van der Waals surface area contributed by atoms with Gasteiger partial charge in [-0.3, -0.25) is 0 Å². The van der Waals surface area contributed by atoms with Crippen LogP contribution in [0.25, 0.3) is 0 Å². The lowest BCUT2D eigenvalue weighted by molar-refractivity contribution is 0.141. The molecule has 0 aromatic carbocycles. The van der Waals surface area contributed by atoms with Crippen molar-refractivity contribution in [2.75, 3.05) is 0 Å². The molecule has 72 valence electrons. The molecule has 0 radical (unpaired) electrons. The Hall–Kier alpha value is -1.02. The molecule has 1 N–H and O–H groups in total. The van der Waals surface area contributed by atoms with Gasteiger partial charge in [-0.15, -0.1) is 0 Å². The molecule has 1 rings (SSSR count). The first kappa shape index (κ1) is 10.1. The van der Waals surface area contributed by atoms with E-state index in [2.05, 4.69) is 19.1 Å². The highest BCUT2D eigenvalue weighted by Gasteiger charge is 2.07. The molecular formula is C11H16O2. The van der Waals surface area contributed by atoms with E-state index in [1.807, 2.05) is 0 Å². The van der Waals surface area contributed by atoms with Crippen LogP contribution in [-0.4, -0.2) is 5.11 Å². The van der Waals surface area contributed by atoms with E-state index in [0.29, 0.717) is 5.76 Å². The molecule has 0 bridgehead atoms. The van der Waals surface area contributed by atoms with E-state index >= 15 is 0 Å². The summed E-state index contributed by atoms with van der Waals surface area (Å²) in [6.45, 7) is 2.10.